The quantitative estimate of drug-likeness (QED) is 0.653. The SMILES string of the molecule is CC1(C(=O)O)CCCC1NC(=O)NCCOC1CCCC1. The van der Waals surface area contributed by atoms with E-state index in [0.717, 1.165) is 25.7 Å². The van der Waals surface area contributed by atoms with E-state index in [1.165, 1.54) is 12.8 Å². The Morgan fingerprint density at radius 1 is 1.24 bits per heavy atom. The summed E-state index contributed by atoms with van der Waals surface area (Å²) in [6.07, 6.45) is 7.20. The molecule has 0 heterocycles. The van der Waals surface area contributed by atoms with Crippen LogP contribution in [0, 0.1) is 5.41 Å². The maximum atomic E-state index is 11.8. The van der Waals surface area contributed by atoms with Crippen LogP contribution in [0.2, 0.25) is 0 Å². The second-order valence-electron chi connectivity index (χ2n) is 6.34. The number of carboxylic acids is 1. The van der Waals surface area contributed by atoms with Crippen molar-refractivity contribution in [2.45, 2.75) is 64.0 Å². The number of carboxylic acid groups (broad SMARTS) is 1. The van der Waals surface area contributed by atoms with Crippen LogP contribution in [0.1, 0.15) is 51.9 Å². The summed E-state index contributed by atoms with van der Waals surface area (Å²) in [7, 11) is 0. The highest BCUT2D eigenvalue weighted by Crippen LogP contribution is 2.38. The van der Waals surface area contributed by atoms with Crippen LogP contribution in [0.3, 0.4) is 0 Å². The Kier molecular flexibility index (Phi) is 5.45. The zero-order chi connectivity index (χ0) is 15.3. The van der Waals surface area contributed by atoms with Gasteiger partial charge in [0.15, 0.2) is 0 Å². The number of amides is 2. The molecule has 0 bridgehead atoms. The maximum Gasteiger partial charge on any atom is 0.315 e. The highest BCUT2D eigenvalue weighted by molar-refractivity contribution is 5.79. The summed E-state index contributed by atoms with van der Waals surface area (Å²) in [5.74, 6) is -0.838. The first-order valence-electron chi connectivity index (χ1n) is 7.92. The van der Waals surface area contributed by atoms with Gasteiger partial charge in [0, 0.05) is 12.6 Å². The molecule has 2 aliphatic carbocycles. The predicted octanol–water partition coefficient (Wildman–Crippen LogP) is 1.89. The monoisotopic (exact) mass is 298 g/mol. The van der Waals surface area contributed by atoms with E-state index in [0.29, 0.717) is 25.7 Å². The number of hydrogen-bond acceptors (Lipinski definition) is 3. The standard InChI is InChI=1S/C15H26N2O4/c1-15(13(18)19)8-4-7-12(15)17-14(20)16-9-10-21-11-5-2-3-6-11/h11-12H,2-10H2,1H3,(H,18,19)(H2,16,17,20). The minimum absolute atomic E-state index is 0.300. The Morgan fingerprint density at radius 2 is 1.95 bits per heavy atom. The minimum atomic E-state index is -0.850. The number of carbonyl (C=O) groups is 2. The minimum Gasteiger partial charge on any atom is -0.481 e. The fraction of sp³-hybridized carbons (Fsp3) is 0.867. The van der Waals surface area contributed by atoms with Crippen LogP contribution in [0.15, 0.2) is 0 Å². The smallest absolute Gasteiger partial charge is 0.315 e. The fourth-order valence-corrected chi connectivity index (χ4v) is 3.31. The number of carbonyl (C=O) groups excluding carboxylic acids is 1. The maximum absolute atomic E-state index is 11.8. The number of ether oxygens (including phenoxy) is 1. The van der Waals surface area contributed by atoms with Gasteiger partial charge in [0.1, 0.15) is 0 Å². The van der Waals surface area contributed by atoms with E-state index in [2.05, 4.69) is 10.6 Å². The van der Waals surface area contributed by atoms with Crippen LogP contribution in [0.25, 0.3) is 0 Å². The van der Waals surface area contributed by atoms with E-state index < -0.39 is 11.4 Å². The summed E-state index contributed by atoms with van der Waals surface area (Å²) in [6, 6.07) is -0.602. The van der Waals surface area contributed by atoms with Crippen molar-refractivity contribution >= 4 is 12.0 Å². The van der Waals surface area contributed by atoms with E-state index in [1.54, 1.807) is 6.92 Å². The zero-order valence-corrected chi connectivity index (χ0v) is 12.7. The highest BCUT2D eigenvalue weighted by atomic mass is 16.5. The molecule has 6 nitrogen and oxygen atoms in total. The molecule has 0 aromatic rings. The molecule has 3 N–H and O–H groups in total. The molecule has 0 aromatic carbocycles. The normalized spacial score (nSPS) is 29.5. The molecule has 2 rings (SSSR count). The summed E-state index contributed by atoms with van der Waals surface area (Å²) < 4.78 is 5.67. The van der Waals surface area contributed by atoms with Crippen molar-refractivity contribution < 1.29 is 19.4 Å². The Morgan fingerprint density at radius 3 is 2.62 bits per heavy atom. The third kappa shape index (κ3) is 4.09. The molecular formula is C15H26N2O4. The summed E-state index contributed by atoms with van der Waals surface area (Å²) in [4.78, 5) is 23.2. The van der Waals surface area contributed by atoms with E-state index in [1.807, 2.05) is 0 Å². The molecule has 120 valence electrons. The van der Waals surface area contributed by atoms with Gasteiger partial charge in [0.2, 0.25) is 0 Å². The summed E-state index contributed by atoms with van der Waals surface area (Å²) in [5.41, 5.74) is -0.850. The van der Waals surface area contributed by atoms with Gasteiger partial charge in [0.25, 0.3) is 0 Å². The van der Waals surface area contributed by atoms with Gasteiger partial charge < -0.3 is 20.5 Å². The van der Waals surface area contributed by atoms with E-state index in [9.17, 15) is 14.7 Å². The Bertz CT molecular complexity index is 382. The van der Waals surface area contributed by atoms with E-state index >= 15 is 0 Å². The molecule has 2 fully saturated rings. The van der Waals surface area contributed by atoms with Crippen molar-refractivity contribution in [2.24, 2.45) is 5.41 Å². The second-order valence-corrected chi connectivity index (χ2v) is 6.34. The topological polar surface area (TPSA) is 87.7 Å². The second kappa shape index (κ2) is 7.11. The van der Waals surface area contributed by atoms with Gasteiger partial charge in [-0.15, -0.1) is 0 Å². The van der Waals surface area contributed by atoms with Crippen LogP contribution < -0.4 is 10.6 Å². The first-order chi connectivity index (χ1) is 10.0. The van der Waals surface area contributed by atoms with Crippen molar-refractivity contribution in [3.8, 4) is 0 Å². The highest BCUT2D eigenvalue weighted by Gasteiger charge is 2.45. The predicted molar refractivity (Wildman–Crippen MR) is 78.1 cm³/mol. The summed E-state index contributed by atoms with van der Waals surface area (Å²) in [5, 5.41) is 14.8. The lowest BCUT2D eigenvalue weighted by molar-refractivity contribution is -0.148. The molecule has 0 radical (unpaired) electrons. The molecule has 2 unspecified atom stereocenters. The fourth-order valence-electron chi connectivity index (χ4n) is 3.31. The van der Waals surface area contributed by atoms with Gasteiger partial charge in [-0.3, -0.25) is 4.79 Å². The molecule has 0 aromatic heterocycles. The number of rotatable bonds is 6. The molecule has 21 heavy (non-hydrogen) atoms. The van der Waals surface area contributed by atoms with Gasteiger partial charge in [-0.2, -0.15) is 0 Å². The third-order valence-electron chi connectivity index (χ3n) is 4.80. The number of nitrogens with one attached hydrogen (secondary N) is 2. The average molecular weight is 298 g/mol. The average Bonchev–Trinajstić information content (AvgIpc) is 3.06. The molecular weight excluding hydrogens is 272 g/mol. The largest absolute Gasteiger partial charge is 0.481 e. The van der Waals surface area contributed by atoms with Gasteiger partial charge in [0.05, 0.1) is 18.1 Å². The van der Waals surface area contributed by atoms with Crippen molar-refractivity contribution in [2.75, 3.05) is 13.2 Å². The van der Waals surface area contributed by atoms with Crippen LogP contribution in [-0.2, 0) is 9.53 Å². The van der Waals surface area contributed by atoms with Gasteiger partial charge in [-0.25, -0.2) is 4.79 Å². The van der Waals surface area contributed by atoms with Crippen LogP contribution in [0.5, 0.6) is 0 Å². The van der Waals surface area contributed by atoms with Crippen molar-refractivity contribution in [1.82, 2.24) is 10.6 Å². The van der Waals surface area contributed by atoms with Crippen LogP contribution in [-0.4, -0.2) is 42.4 Å². The number of urea groups is 1. The molecule has 2 aliphatic rings. The Labute approximate surface area is 125 Å². The molecule has 0 aliphatic heterocycles. The molecule has 2 amide bonds. The molecule has 0 spiro atoms. The third-order valence-corrected chi connectivity index (χ3v) is 4.80. The van der Waals surface area contributed by atoms with Gasteiger partial charge in [-0.1, -0.05) is 19.3 Å². The summed E-state index contributed by atoms with van der Waals surface area (Å²) in [6.45, 7) is 2.67. The molecule has 2 atom stereocenters. The van der Waals surface area contributed by atoms with Crippen LogP contribution >= 0.6 is 0 Å². The lowest BCUT2D eigenvalue weighted by atomic mass is 9.85. The molecule has 0 saturated heterocycles. The lowest BCUT2D eigenvalue weighted by Crippen LogP contribution is -2.50. The van der Waals surface area contributed by atoms with E-state index in [4.69, 9.17) is 4.74 Å². The number of hydrogen-bond donors (Lipinski definition) is 3. The first-order valence-corrected chi connectivity index (χ1v) is 7.92. The number of aliphatic carboxylic acids is 1. The van der Waals surface area contributed by atoms with E-state index in [-0.39, 0.29) is 12.1 Å². The van der Waals surface area contributed by atoms with Gasteiger partial charge in [-0.05, 0) is 32.6 Å². The first kappa shape index (κ1) is 16.1. The van der Waals surface area contributed by atoms with Crippen molar-refractivity contribution in [1.29, 1.82) is 0 Å². The van der Waals surface area contributed by atoms with Gasteiger partial charge >= 0.3 is 12.0 Å². The van der Waals surface area contributed by atoms with Crippen LogP contribution in [0.4, 0.5) is 4.79 Å². The molecule has 6 heteroatoms. The van der Waals surface area contributed by atoms with Crippen molar-refractivity contribution in [3.63, 3.8) is 0 Å². The lowest BCUT2D eigenvalue weighted by Gasteiger charge is -2.27. The Balaban J connectivity index is 1.65. The summed E-state index contributed by atoms with van der Waals surface area (Å²) >= 11 is 0. The Hall–Kier alpha value is -1.30. The van der Waals surface area contributed by atoms with Crippen molar-refractivity contribution in [3.05, 3.63) is 0 Å². The molecule has 2 saturated carbocycles. The zero-order valence-electron chi connectivity index (χ0n) is 12.7.